The van der Waals surface area contributed by atoms with Gasteiger partial charge in [0, 0.05) is 24.8 Å². The second kappa shape index (κ2) is 5.40. The van der Waals surface area contributed by atoms with Crippen LogP contribution in [0, 0.1) is 0 Å². The molecule has 98 valence electrons. The van der Waals surface area contributed by atoms with Gasteiger partial charge in [-0.3, -0.25) is 4.79 Å². The summed E-state index contributed by atoms with van der Waals surface area (Å²) in [7, 11) is 0. The average Bonchev–Trinajstić information content (AvgIpc) is 2.74. The highest BCUT2D eigenvalue weighted by molar-refractivity contribution is 5.89. The van der Waals surface area contributed by atoms with Crippen molar-refractivity contribution in [1.29, 1.82) is 0 Å². The van der Waals surface area contributed by atoms with Crippen LogP contribution in [0.5, 0.6) is 0 Å². The molecule has 0 aromatic heterocycles. The van der Waals surface area contributed by atoms with E-state index in [0.29, 0.717) is 6.54 Å². The molecule has 1 amide bonds. The van der Waals surface area contributed by atoms with Gasteiger partial charge in [0.25, 0.3) is 0 Å². The Labute approximate surface area is 107 Å². The maximum atomic E-state index is 11.0. The number of hydrogen-bond acceptors (Lipinski definition) is 3. The van der Waals surface area contributed by atoms with Crippen molar-refractivity contribution in [3.05, 3.63) is 24.3 Å². The predicted molar refractivity (Wildman–Crippen MR) is 72.7 cm³/mol. The topological polar surface area (TPSA) is 61.4 Å². The van der Waals surface area contributed by atoms with Crippen molar-refractivity contribution in [2.45, 2.75) is 38.2 Å². The monoisotopic (exact) mass is 248 g/mol. The fourth-order valence-electron chi connectivity index (χ4n) is 2.39. The van der Waals surface area contributed by atoms with Crippen LogP contribution in [0.2, 0.25) is 0 Å². The van der Waals surface area contributed by atoms with Crippen LogP contribution in [0.3, 0.4) is 0 Å². The normalized spacial score (nSPS) is 17.4. The van der Waals surface area contributed by atoms with E-state index in [-0.39, 0.29) is 5.91 Å². The summed E-state index contributed by atoms with van der Waals surface area (Å²) in [6.45, 7) is 2.05. The van der Waals surface area contributed by atoms with E-state index in [9.17, 15) is 9.90 Å². The van der Waals surface area contributed by atoms with Crippen LogP contribution in [-0.4, -0.2) is 23.2 Å². The molecule has 1 aromatic carbocycles. The van der Waals surface area contributed by atoms with Gasteiger partial charge in [-0.1, -0.05) is 18.9 Å². The van der Waals surface area contributed by atoms with Crippen LogP contribution in [-0.2, 0) is 4.79 Å². The molecule has 0 bridgehead atoms. The van der Waals surface area contributed by atoms with Crippen molar-refractivity contribution in [2.75, 3.05) is 17.2 Å². The summed E-state index contributed by atoms with van der Waals surface area (Å²) >= 11 is 0. The SMILES string of the molecule is CC(=O)Nc1cccc(NCC2(O)CCCC2)c1. The molecule has 1 aliphatic carbocycles. The van der Waals surface area contributed by atoms with E-state index >= 15 is 0 Å². The molecule has 4 nitrogen and oxygen atoms in total. The third-order valence-electron chi connectivity index (χ3n) is 3.34. The Balaban J connectivity index is 1.94. The summed E-state index contributed by atoms with van der Waals surface area (Å²) < 4.78 is 0. The van der Waals surface area contributed by atoms with Gasteiger partial charge in [0.15, 0.2) is 0 Å². The van der Waals surface area contributed by atoms with Crippen molar-refractivity contribution >= 4 is 17.3 Å². The largest absolute Gasteiger partial charge is 0.388 e. The molecule has 2 rings (SSSR count). The molecule has 0 radical (unpaired) electrons. The standard InChI is InChI=1S/C14H20N2O2/c1-11(17)16-13-6-4-5-12(9-13)15-10-14(18)7-2-3-8-14/h4-6,9,15,18H,2-3,7-8,10H2,1H3,(H,16,17). The van der Waals surface area contributed by atoms with Crippen molar-refractivity contribution < 1.29 is 9.90 Å². The number of hydrogen-bond donors (Lipinski definition) is 3. The number of benzene rings is 1. The van der Waals surface area contributed by atoms with E-state index in [2.05, 4.69) is 10.6 Å². The van der Waals surface area contributed by atoms with Crippen molar-refractivity contribution in [3.8, 4) is 0 Å². The highest BCUT2D eigenvalue weighted by Gasteiger charge is 2.30. The van der Waals surface area contributed by atoms with E-state index in [1.807, 2.05) is 24.3 Å². The Morgan fingerprint density at radius 1 is 1.33 bits per heavy atom. The molecule has 1 saturated carbocycles. The lowest BCUT2D eigenvalue weighted by molar-refractivity contribution is -0.114. The van der Waals surface area contributed by atoms with Gasteiger partial charge in [-0.15, -0.1) is 0 Å². The molecule has 1 fully saturated rings. The van der Waals surface area contributed by atoms with Crippen molar-refractivity contribution in [2.24, 2.45) is 0 Å². The number of carbonyl (C=O) groups excluding carboxylic acids is 1. The van der Waals surface area contributed by atoms with Crippen LogP contribution < -0.4 is 10.6 Å². The zero-order valence-corrected chi connectivity index (χ0v) is 10.7. The van der Waals surface area contributed by atoms with Crippen LogP contribution >= 0.6 is 0 Å². The predicted octanol–water partition coefficient (Wildman–Crippen LogP) is 2.36. The number of aliphatic hydroxyl groups is 1. The molecule has 0 unspecified atom stereocenters. The number of amides is 1. The number of nitrogens with one attached hydrogen (secondary N) is 2. The minimum absolute atomic E-state index is 0.0819. The molecule has 1 aromatic rings. The lowest BCUT2D eigenvalue weighted by Crippen LogP contribution is -2.33. The minimum Gasteiger partial charge on any atom is -0.388 e. The Morgan fingerprint density at radius 3 is 2.67 bits per heavy atom. The Kier molecular flexibility index (Phi) is 3.87. The maximum absolute atomic E-state index is 11.0. The summed E-state index contributed by atoms with van der Waals surface area (Å²) in [5.74, 6) is -0.0819. The Hall–Kier alpha value is -1.55. The molecule has 0 saturated heterocycles. The molecule has 18 heavy (non-hydrogen) atoms. The van der Waals surface area contributed by atoms with Crippen molar-refractivity contribution in [1.82, 2.24) is 0 Å². The average molecular weight is 248 g/mol. The maximum Gasteiger partial charge on any atom is 0.221 e. The van der Waals surface area contributed by atoms with Gasteiger partial charge in [-0.25, -0.2) is 0 Å². The van der Waals surface area contributed by atoms with E-state index in [1.54, 1.807) is 0 Å². The summed E-state index contributed by atoms with van der Waals surface area (Å²) in [4.78, 5) is 11.0. The number of rotatable bonds is 4. The fraction of sp³-hybridized carbons (Fsp3) is 0.500. The van der Waals surface area contributed by atoms with Crippen LogP contribution in [0.25, 0.3) is 0 Å². The van der Waals surface area contributed by atoms with Gasteiger partial charge < -0.3 is 15.7 Å². The first kappa shape index (κ1) is 12.9. The Morgan fingerprint density at radius 2 is 2.00 bits per heavy atom. The number of anilines is 2. The first-order valence-corrected chi connectivity index (χ1v) is 6.41. The van der Waals surface area contributed by atoms with Gasteiger partial charge in [-0.2, -0.15) is 0 Å². The van der Waals surface area contributed by atoms with E-state index in [1.165, 1.54) is 6.92 Å². The Bertz CT molecular complexity index is 426. The lowest BCUT2D eigenvalue weighted by atomic mass is 10.0. The highest BCUT2D eigenvalue weighted by atomic mass is 16.3. The zero-order valence-electron chi connectivity index (χ0n) is 10.7. The van der Waals surface area contributed by atoms with Gasteiger partial charge >= 0.3 is 0 Å². The van der Waals surface area contributed by atoms with Gasteiger partial charge in [0.1, 0.15) is 0 Å². The second-order valence-corrected chi connectivity index (χ2v) is 5.05. The molecular formula is C14H20N2O2. The van der Waals surface area contributed by atoms with Crippen LogP contribution in [0.1, 0.15) is 32.6 Å². The van der Waals surface area contributed by atoms with E-state index in [4.69, 9.17) is 0 Å². The van der Waals surface area contributed by atoms with Crippen molar-refractivity contribution in [3.63, 3.8) is 0 Å². The van der Waals surface area contributed by atoms with E-state index in [0.717, 1.165) is 37.1 Å². The molecular weight excluding hydrogens is 228 g/mol. The molecule has 0 heterocycles. The molecule has 0 atom stereocenters. The highest BCUT2D eigenvalue weighted by Crippen LogP contribution is 2.29. The van der Waals surface area contributed by atoms with E-state index < -0.39 is 5.60 Å². The molecule has 4 heteroatoms. The first-order valence-electron chi connectivity index (χ1n) is 6.41. The molecule has 0 spiro atoms. The summed E-state index contributed by atoms with van der Waals surface area (Å²) in [6.07, 6.45) is 3.94. The van der Waals surface area contributed by atoms with Crippen LogP contribution in [0.4, 0.5) is 11.4 Å². The number of carbonyl (C=O) groups is 1. The minimum atomic E-state index is -0.565. The second-order valence-electron chi connectivity index (χ2n) is 5.05. The quantitative estimate of drug-likeness (QED) is 0.766. The summed E-state index contributed by atoms with van der Waals surface area (Å²) in [6, 6.07) is 7.53. The molecule has 1 aliphatic rings. The fourth-order valence-corrected chi connectivity index (χ4v) is 2.39. The van der Waals surface area contributed by atoms with Gasteiger partial charge in [0.2, 0.25) is 5.91 Å². The summed E-state index contributed by atoms with van der Waals surface area (Å²) in [5, 5.41) is 16.2. The van der Waals surface area contributed by atoms with Gasteiger partial charge in [-0.05, 0) is 31.0 Å². The van der Waals surface area contributed by atoms with Crippen LogP contribution in [0.15, 0.2) is 24.3 Å². The lowest BCUT2D eigenvalue weighted by Gasteiger charge is -2.23. The summed E-state index contributed by atoms with van der Waals surface area (Å²) in [5.41, 5.74) is 1.12. The third kappa shape index (κ3) is 3.47. The molecule has 0 aliphatic heterocycles. The van der Waals surface area contributed by atoms with Gasteiger partial charge in [0.05, 0.1) is 5.60 Å². The third-order valence-corrected chi connectivity index (χ3v) is 3.34. The smallest absolute Gasteiger partial charge is 0.221 e. The zero-order chi connectivity index (χ0) is 13.0. The first-order chi connectivity index (χ1) is 8.57. The molecule has 3 N–H and O–H groups in total.